The molecule has 3 heteroatoms. The van der Waals surface area contributed by atoms with E-state index in [-0.39, 0.29) is 11.6 Å². The van der Waals surface area contributed by atoms with Crippen molar-refractivity contribution in [2.75, 3.05) is 0 Å². The molecule has 0 saturated carbocycles. The van der Waals surface area contributed by atoms with Crippen LogP contribution >= 0.6 is 8.58 Å². The summed E-state index contributed by atoms with van der Waals surface area (Å²) in [6.45, 7) is 0. The predicted molar refractivity (Wildman–Crippen MR) is 60.4 cm³/mol. The van der Waals surface area contributed by atoms with E-state index in [1.54, 1.807) is 24.3 Å². The Hall–Kier alpha value is -1.27. The second-order valence-corrected chi connectivity index (χ2v) is 4.54. The monoisotopic (exact) mass is 222 g/mol. The molecule has 0 heterocycles. The molecular formula is C12H9F2P. The van der Waals surface area contributed by atoms with Crippen LogP contribution in [0.15, 0.2) is 48.5 Å². The Balaban J connectivity index is 2.15. The van der Waals surface area contributed by atoms with E-state index >= 15 is 0 Å². The molecule has 2 rings (SSSR count). The van der Waals surface area contributed by atoms with Crippen molar-refractivity contribution in [2.45, 2.75) is 0 Å². The largest absolute Gasteiger partial charge is 0.207 e. The highest BCUT2D eigenvalue weighted by Crippen LogP contribution is 2.11. The summed E-state index contributed by atoms with van der Waals surface area (Å²) in [4.78, 5) is 0. The molecule has 0 atom stereocenters. The van der Waals surface area contributed by atoms with Crippen molar-refractivity contribution in [3.63, 3.8) is 0 Å². The van der Waals surface area contributed by atoms with Crippen LogP contribution in [0.1, 0.15) is 0 Å². The van der Waals surface area contributed by atoms with Gasteiger partial charge in [-0.2, -0.15) is 0 Å². The molecule has 0 spiro atoms. The van der Waals surface area contributed by atoms with E-state index in [4.69, 9.17) is 0 Å². The number of benzene rings is 2. The average molecular weight is 222 g/mol. The summed E-state index contributed by atoms with van der Waals surface area (Å²) in [5.74, 6) is -0.467. The van der Waals surface area contributed by atoms with E-state index in [1.165, 1.54) is 24.3 Å². The van der Waals surface area contributed by atoms with E-state index in [0.717, 1.165) is 10.6 Å². The number of hydrogen-bond donors (Lipinski definition) is 0. The normalized spacial score (nSPS) is 10.3. The molecule has 0 aromatic heterocycles. The van der Waals surface area contributed by atoms with Gasteiger partial charge in [-0.1, -0.05) is 32.8 Å². The molecular weight excluding hydrogens is 213 g/mol. The summed E-state index contributed by atoms with van der Waals surface area (Å²) in [6.07, 6.45) is 0. The second kappa shape index (κ2) is 4.50. The van der Waals surface area contributed by atoms with Gasteiger partial charge in [-0.25, -0.2) is 8.78 Å². The topological polar surface area (TPSA) is 0 Å². The van der Waals surface area contributed by atoms with E-state index < -0.39 is 0 Å². The molecule has 0 aliphatic heterocycles. The first kappa shape index (κ1) is 10.3. The third-order valence-corrected chi connectivity index (χ3v) is 3.22. The maximum Gasteiger partial charge on any atom is 0.123 e. The van der Waals surface area contributed by atoms with Crippen molar-refractivity contribution < 1.29 is 8.78 Å². The average Bonchev–Trinajstić information content (AvgIpc) is 2.25. The van der Waals surface area contributed by atoms with Crippen LogP contribution in [0.25, 0.3) is 0 Å². The molecule has 0 amide bonds. The standard InChI is InChI=1S/C12H9F2P/c13-9-1-5-11(6-2-9)15-12-7-3-10(14)4-8-12/h1-8,15H. The zero-order valence-corrected chi connectivity index (χ0v) is 8.87. The quantitative estimate of drug-likeness (QED) is 0.685. The lowest BCUT2D eigenvalue weighted by atomic mass is 10.3. The summed E-state index contributed by atoms with van der Waals surface area (Å²) in [7, 11) is 0.436. The maximum atomic E-state index is 12.6. The molecule has 0 nitrogen and oxygen atoms in total. The molecule has 15 heavy (non-hydrogen) atoms. The smallest absolute Gasteiger partial charge is 0.123 e. The first-order valence-electron chi connectivity index (χ1n) is 4.52. The fraction of sp³-hybridized carbons (Fsp3) is 0. The van der Waals surface area contributed by atoms with Crippen LogP contribution in [-0.4, -0.2) is 0 Å². The molecule has 0 saturated heterocycles. The van der Waals surface area contributed by atoms with E-state index in [2.05, 4.69) is 0 Å². The summed E-state index contributed by atoms with van der Waals surface area (Å²) in [6, 6.07) is 12.7. The molecule has 0 aliphatic rings. The fourth-order valence-electron chi connectivity index (χ4n) is 1.23. The van der Waals surface area contributed by atoms with Gasteiger partial charge in [0.25, 0.3) is 0 Å². The Bertz CT molecular complexity index is 391. The van der Waals surface area contributed by atoms with Gasteiger partial charge in [0, 0.05) is 0 Å². The predicted octanol–water partition coefficient (Wildman–Crippen LogP) is 2.59. The van der Waals surface area contributed by atoms with Gasteiger partial charge in [-0.3, -0.25) is 0 Å². The second-order valence-electron chi connectivity index (χ2n) is 3.14. The first-order chi connectivity index (χ1) is 7.24. The molecule has 0 N–H and O–H groups in total. The van der Waals surface area contributed by atoms with Crippen LogP contribution in [0.5, 0.6) is 0 Å². The minimum atomic E-state index is -0.234. The highest BCUT2D eigenvalue weighted by atomic mass is 31.1. The zero-order chi connectivity index (χ0) is 10.7. The van der Waals surface area contributed by atoms with Crippen LogP contribution in [0.4, 0.5) is 8.78 Å². The van der Waals surface area contributed by atoms with Gasteiger partial charge in [0.05, 0.1) is 0 Å². The summed E-state index contributed by atoms with van der Waals surface area (Å²) < 4.78 is 25.3. The lowest BCUT2D eigenvalue weighted by Gasteiger charge is -2.01. The molecule has 0 fully saturated rings. The fourth-order valence-corrected chi connectivity index (χ4v) is 2.23. The SMILES string of the molecule is Fc1ccc(Pc2ccc(F)cc2)cc1. The first-order valence-corrected chi connectivity index (χ1v) is 5.52. The molecule has 0 aliphatic carbocycles. The van der Waals surface area contributed by atoms with Crippen LogP contribution in [0.2, 0.25) is 0 Å². The highest BCUT2D eigenvalue weighted by Gasteiger charge is 1.97. The van der Waals surface area contributed by atoms with Crippen molar-refractivity contribution >= 4 is 19.2 Å². The Labute approximate surface area is 88.7 Å². The van der Waals surface area contributed by atoms with Crippen LogP contribution in [0.3, 0.4) is 0 Å². The van der Waals surface area contributed by atoms with Crippen molar-refractivity contribution in [2.24, 2.45) is 0 Å². The van der Waals surface area contributed by atoms with E-state index in [0.29, 0.717) is 8.58 Å². The molecule has 0 bridgehead atoms. The van der Waals surface area contributed by atoms with Gasteiger partial charge in [0.15, 0.2) is 0 Å². The van der Waals surface area contributed by atoms with Crippen molar-refractivity contribution in [1.82, 2.24) is 0 Å². The van der Waals surface area contributed by atoms with Crippen molar-refractivity contribution in [1.29, 1.82) is 0 Å². The molecule has 0 unspecified atom stereocenters. The van der Waals surface area contributed by atoms with Gasteiger partial charge in [0.2, 0.25) is 0 Å². The maximum absolute atomic E-state index is 12.6. The number of halogens is 2. The molecule has 0 radical (unpaired) electrons. The minimum absolute atomic E-state index is 0.234. The van der Waals surface area contributed by atoms with E-state index in [1.807, 2.05) is 0 Å². The Kier molecular flexibility index (Phi) is 3.08. The van der Waals surface area contributed by atoms with Crippen molar-refractivity contribution in [3.8, 4) is 0 Å². The number of hydrogen-bond acceptors (Lipinski definition) is 0. The lowest BCUT2D eigenvalue weighted by Crippen LogP contribution is -2.02. The third kappa shape index (κ3) is 2.84. The third-order valence-electron chi connectivity index (χ3n) is 1.98. The zero-order valence-electron chi connectivity index (χ0n) is 7.87. The van der Waals surface area contributed by atoms with Crippen LogP contribution in [0, 0.1) is 11.6 Å². The van der Waals surface area contributed by atoms with Gasteiger partial charge >= 0.3 is 0 Å². The van der Waals surface area contributed by atoms with Gasteiger partial charge in [0.1, 0.15) is 11.6 Å². The summed E-state index contributed by atoms with van der Waals surface area (Å²) >= 11 is 0. The molecule has 2 aromatic rings. The van der Waals surface area contributed by atoms with Crippen molar-refractivity contribution in [3.05, 3.63) is 60.2 Å². The Morgan fingerprint density at radius 1 is 0.600 bits per heavy atom. The Morgan fingerprint density at radius 3 is 1.27 bits per heavy atom. The minimum Gasteiger partial charge on any atom is -0.207 e. The van der Waals surface area contributed by atoms with Crippen LogP contribution < -0.4 is 10.6 Å². The molecule has 2 aromatic carbocycles. The summed E-state index contributed by atoms with van der Waals surface area (Å²) in [5.41, 5.74) is 0. The van der Waals surface area contributed by atoms with Gasteiger partial charge in [-0.15, -0.1) is 0 Å². The molecule has 76 valence electrons. The Morgan fingerprint density at radius 2 is 0.933 bits per heavy atom. The van der Waals surface area contributed by atoms with Gasteiger partial charge < -0.3 is 0 Å². The van der Waals surface area contributed by atoms with Gasteiger partial charge in [-0.05, 0) is 34.9 Å². The lowest BCUT2D eigenvalue weighted by molar-refractivity contribution is 0.628. The van der Waals surface area contributed by atoms with E-state index in [9.17, 15) is 8.78 Å². The number of rotatable bonds is 2. The highest BCUT2D eigenvalue weighted by molar-refractivity contribution is 7.55. The summed E-state index contributed by atoms with van der Waals surface area (Å²) in [5, 5.41) is 2.09. The van der Waals surface area contributed by atoms with Crippen LogP contribution in [-0.2, 0) is 0 Å².